The van der Waals surface area contributed by atoms with Crippen molar-refractivity contribution < 1.29 is 0 Å². The molecule has 0 aliphatic carbocycles. The van der Waals surface area contributed by atoms with E-state index in [0.29, 0.717) is 37.7 Å². The van der Waals surface area contributed by atoms with Crippen LogP contribution in [0.3, 0.4) is 0 Å². The number of halogens is 1. The van der Waals surface area contributed by atoms with Crippen LogP contribution in [0.5, 0.6) is 0 Å². The van der Waals surface area contributed by atoms with Crippen LogP contribution in [0, 0.1) is 0 Å². The van der Waals surface area contributed by atoms with Crippen LogP contribution < -0.4 is 11.1 Å². The summed E-state index contributed by atoms with van der Waals surface area (Å²) in [6.45, 7) is 0. The van der Waals surface area contributed by atoms with Gasteiger partial charge in [0, 0.05) is 5.02 Å². The minimum Gasteiger partial charge on any atom is -0.268 e. The van der Waals surface area contributed by atoms with Crippen molar-refractivity contribution in [3.05, 3.63) is 98.5 Å². The van der Waals surface area contributed by atoms with Crippen LogP contribution in [-0.4, -0.2) is 24.5 Å². The van der Waals surface area contributed by atoms with Crippen molar-refractivity contribution in [3.8, 4) is 5.69 Å². The summed E-state index contributed by atoms with van der Waals surface area (Å²) in [5, 5.41) is 10.1. The first-order valence-electron chi connectivity index (χ1n) is 9.35. The quantitative estimate of drug-likeness (QED) is 0.307. The van der Waals surface area contributed by atoms with E-state index in [1.165, 1.54) is 21.0 Å². The van der Waals surface area contributed by atoms with Crippen LogP contribution in [-0.2, 0) is 5.88 Å². The Balaban J connectivity index is 1.62. The van der Waals surface area contributed by atoms with Gasteiger partial charge in [-0.25, -0.2) is 4.98 Å². The Labute approximate surface area is 184 Å². The second-order valence-electron chi connectivity index (χ2n) is 6.71. The highest BCUT2D eigenvalue weighted by Crippen LogP contribution is 2.23. The molecule has 0 atom stereocenters. The predicted molar refractivity (Wildman–Crippen MR) is 122 cm³/mol. The molecule has 0 radical (unpaired) electrons. The van der Waals surface area contributed by atoms with Gasteiger partial charge in [0.05, 0.1) is 27.9 Å². The summed E-state index contributed by atoms with van der Waals surface area (Å²) in [6.07, 6.45) is 0. The molecule has 0 bridgehead atoms. The van der Waals surface area contributed by atoms with Gasteiger partial charge in [-0.2, -0.15) is 4.68 Å². The summed E-state index contributed by atoms with van der Waals surface area (Å²) in [5.74, 6) is 0.148. The monoisotopic (exact) mass is 447 g/mol. The van der Waals surface area contributed by atoms with Gasteiger partial charge in [-0.3, -0.25) is 14.2 Å². The van der Waals surface area contributed by atoms with Crippen LogP contribution in [0.15, 0.2) is 87.5 Å². The molecule has 2 heterocycles. The van der Waals surface area contributed by atoms with E-state index in [9.17, 15) is 9.59 Å². The highest BCUT2D eigenvalue weighted by Gasteiger charge is 2.14. The van der Waals surface area contributed by atoms with Crippen LogP contribution in [0.1, 0.15) is 0 Å². The minimum atomic E-state index is -0.251. The Bertz CT molecular complexity index is 1550. The third-order valence-corrected chi connectivity index (χ3v) is 5.93. The molecule has 0 fully saturated rings. The van der Waals surface area contributed by atoms with Crippen molar-refractivity contribution in [1.29, 1.82) is 0 Å². The lowest BCUT2D eigenvalue weighted by Crippen LogP contribution is -2.25. The van der Waals surface area contributed by atoms with Gasteiger partial charge < -0.3 is 0 Å². The highest BCUT2D eigenvalue weighted by atomic mass is 35.5. The molecule has 0 unspecified atom stereocenters. The SMILES string of the molecule is O=c1c2ccccc2nnn1CSc1nc2ccccc2c(=O)n1-c1ccc(Cl)cc1. The van der Waals surface area contributed by atoms with Gasteiger partial charge in [0.25, 0.3) is 11.1 Å². The van der Waals surface area contributed by atoms with E-state index in [1.54, 1.807) is 66.7 Å². The number of aromatic nitrogens is 5. The van der Waals surface area contributed by atoms with Crippen molar-refractivity contribution in [2.24, 2.45) is 0 Å². The molecule has 3 aromatic carbocycles. The maximum atomic E-state index is 13.3. The lowest BCUT2D eigenvalue weighted by Gasteiger charge is -2.13. The molecule has 152 valence electrons. The molecular formula is C22H14ClN5O2S. The molecule has 0 saturated carbocycles. The Morgan fingerprint density at radius 1 is 0.806 bits per heavy atom. The normalized spacial score (nSPS) is 11.3. The Kier molecular flexibility index (Phi) is 5.01. The summed E-state index contributed by atoms with van der Waals surface area (Å²) in [5.41, 5.74) is 1.30. The van der Waals surface area contributed by atoms with Gasteiger partial charge >= 0.3 is 0 Å². The number of thioether (sulfide) groups is 1. The van der Waals surface area contributed by atoms with Gasteiger partial charge in [-0.1, -0.05) is 52.8 Å². The largest absolute Gasteiger partial charge is 0.278 e. The number of nitrogens with zero attached hydrogens (tertiary/aromatic N) is 5. The fraction of sp³-hybridized carbons (Fsp3) is 0.0455. The van der Waals surface area contributed by atoms with Crippen LogP contribution in [0.25, 0.3) is 27.5 Å². The fourth-order valence-electron chi connectivity index (χ4n) is 3.25. The first kappa shape index (κ1) is 19.5. The van der Waals surface area contributed by atoms with Crippen LogP contribution in [0.4, 0.5) is 0 Å². The van der Waals surface area contributed by atoms with E-state index in [0.717, 1.165) is 0 Å². The number of hydrogen-bond donors (Lipinski definition) is 0. The van der Waals surface area contributed by atoms with E-state index in [4.69, 9.17) is 11.6 Å². The van der Waals surface area contributed by atoms with Crippen molar-refractivity contribution in [2.75, 3.05) is 0 Å². The van der Waals surface area contributed by atoms with Gasteiger partial charge in [-0.15, -0.1) is 5.10 Å². The van der Waals surface area contributed by atoms with Gasteiger partial charge in [0.1, 0.15) is 5.52 Å². The van der Waals surface area contributed by atoms with Crippen LogP contribution >= 0.6 is 23.4 Å². The summed E-state index contributed by atoms with van der Waals surface area (Å²) in [6, 6.07) is 21.1. The Morgan fingerprint density at radius 2 is 1.45 bits per heavy atom. The molecule has 0 saturated heterocycles. The standard InChI is InChI=1S/C22H14ClN5O2S/c23-14-9-11-15(12-10-14)28-21(30)16-5-1-3-7-18(16)24-22(28)31-13-27-20(29)17-6-2-4-8-19(17)25-26-27/h1-12H,13H2. The number of rotatable bonds is 4. The van der Waals surface area contributed by atoms with E-state index in [1.807, 2.05) is 6.07 Å². The maximum Gasteiger partial charge on any atom is 0.278 e. The predicted octanol–water partition coefficient (Wildman–Crippen LogP) is 3.89. The number of fused-ring (bicyclic) bond motifs is 2. The van der Waals surface area contributed by atoms with Crippen molar-refractivity contribution >= 4 is 45.2 Å². The second kappa shape index (κ2) is 7.98. The molecule has 0 aliphatic heterocycles. The molecule has 0 aliphatic rings. The van der Waals surface area contributed by atoms with E-state index in [2.05, 4.69) is 15.3 Å². The maximum absolute atomic E-state index is 13.3. The smallest absolute Gasteiger partial charge is 0.268 e. The molecule has 0 N–H and O–H groups in total. The summed E-state index contributed by atoms with van der Waals surface area (Å²) in [4.78, 5) is 30.7. The van der Waals surface area contributed by atoms with Gasteiger partial charge in [0.2, 0.25) is 0 Å². The first-order valence-corrected chi connectivity index (χ1v) is 10.7. The highest BCUT2D eigenvalue weighted by molar-refractivity contribution is 7.98. The molecule has 0 spiro atoms. The number of para-hydroxylation sites is 1. The zero-order chi connectivity index (χ0) is 21.4. The molecule has 2 aromatic heterocycles. The lowest BCUT2D eigenvalue weighted by atomic mass is 10.2. The van der Waals surface area contributed by atoms with E-state index >= 15 is 0 Å². The van der Waals surface area contributed by atoms with E-state index in [-0.39, 0.29) is 17.0 Å². The summed E-state index contributed by atoms with van der Waals surface area (Å²) >= 11 is 7.25. The molecule has 31 heavy (non-hydrogen) atoms. The van der Waals surface area contributed by atoms with Crippen molar-refractivity contribution in [3.63, 3.8) is 0 Å². The molecule has 5 aromatic rings. The minimum absolute atomic E-state index is 0.148. The average molecular weight is 448 g/mol. The lowest BCUT2D eigenvalue weighted by molar-refractivity contribution is 0.642. The van der Waals surface area contributed by atoms with Gasteiger partial charge in [0.15, 0.2) is 5.16 Å². The zero-order valence-electron chi connectivity index (χ0n) is 16.0. The molecule has 9 heteroatoms. The molecule has 7 nitrogen and oxygen atoms in total. The third-order valence-electron chi connectivity index (χ3n) is 4.78. The summed E-state index contributed by atoms with van der Waals surface area (Å²) < 4.78 is 2.78. The number of hydrogen-bond acceptors (Lipinski definition) is 6. The molecule has 5 rings (SSSR count). The Hall–Kier alpha value is -3.49. The number of benzene rings is 3. The fourth-order valence-corrected chi connectivity index (χ4v) is 4.27. The Morgan fingerprint density at radius 3 is 2.19 bits per heavy atom. The van der Waals surface area contributed by atoms with E-state index < -0.39 is 0 Å². The van der Waals surface area contributed by atoms with Crippen molar-refractivity contribution in [2.45, 2.75) is 11.0 Å². The average Bonchev–Trinajstić information content (AvgIpc) is 2.80. The topological polar surface area (TPSA) is 82.7 Å². The third kappa shape index (κ3) is 3.60. The van der Waals surface area contributed by atoms with Gasteiger partial charge in [-0.05, 0) is 48.5 Å². The van der Waals surface area contributed by atoms with Crippen molar-refractivity contribution in [1.82, 2.24) is 24.5 Å². The van der Waals surface area contributed by atoms with Crippen LogP contribution in [0.2, 0.25) is 5.02 Å². The molecular weight excluding hydrogens is 434 g/mol. The zero-order valence-corrected chi connectivity index (χ0v) is 17.5. The molecule has 0 amide bonds. The summed E-state index contributed by atoms with van der Waals surface area (Å²) in [7, 11) is 0. The second-order valence-corrected chi connectivity index (χ2v) is 8.06. The first-order chi connectivity index (χ1) is 15.1.